The SMILES string of the molecule is CCC(CC)(CNC1CCCC1C)SC. The van der Waals surface area contributed by atoms with E-state index < -0.39 is 0 Å². The zero-order valence-electron chi connectivity index (χ0n) is 10.8. The Balaban J connectivity index is 2.39. The van der Waals surface area contributed by atoms with Gasteiger partial charge in [0.15, 0.2) is 0 Å². The minimum atomic E-state index is 0.475. The summed E-state index contributed by atoms with van der Waals surface area (Å²) in [6.45, 7) is 8.22. The van der Waals surface area contributed by atoms with Gasteiger partial charge in [-0.1, -0.05) is 27.2 Å². The second-order valence-corrected chi connectivity index (χ2v) is 6.26. The van der Waals surface area contributed by atoms with Gasteiger partial charge < -0.3 is 5.32 Å². The summed E-state index contributed by atoms with van der Waals surface area (Å²) in [4.78, 5) is 0. The van der Waals surface area contributed by atoms with Gasteiger partial charge in [0, 0.05) is 17.3 Å². The average molecular weight is 229 g/mol. The largest absolute Gasteiger partial charge is 0.312 e. The minimum absolute atomic E-state index is 0.475. The molecule has 0 spiro atoms. The fourth-order valence-electron chi connectivity index (χ4n) is 2.63. The Morgan fingerprint density at radius 2 is 1.93 bits per heavy atom. The van der Waals surface area contributed by atoms with Gasteiger partial charge in [0.05, 0.1) is 0 Å². The molecule has 1 saturated carbocycles. The zero-order valence-corrected chi connectivity index (χ0v) is 11.6. The monoisotopic (exact) mass is 229 g/mol. The molecule has 1 nitrogen and oxygen atoms in total. The first kappa shape index (κ1) is 13.4. The lowest BCUT2D eigenvalue weighted by atomic mass is 10.00. The van der Waals surface area contributed by atoms with Crippen LogP contribution in [0.5, 0.6) is 0 Å². The van der Waals surface area contributed by atoms with E-state index in [2.05, 4.69) is 32.3 Å². The van der Waals surface area contributed by atoms with Crippen LogP contribution in [0.4, 0.5) is 0 Å². The molecule has 0 aliphatic heterocycles. The molecule has 0 aromatic carbocycles. The number of hydrogen-bond acceptors (Lipinski definition) is 2. The van der Waals surface area contributed by atoms with E-state index in [0.717, 1.165) is 12.0 Å². The van der Waals surface area contributed by atoms with Crippen molar-refractivity contribution in [1.29, 1.82) is 0 Å². The van der Waals surface area contributed by atoms with Crippen molar-refractivity contribution in [3.8, 4) is 0 Å². The molecule has 0 heterocycles. The highest BCUT2D eigenvalue weighted by atomic mass is 32.2. The number of nitrogens with one attached hydrogen (secondary N) is 1. The highest BCUT2D eigenvalue weighted by Crippen LogP contribution is 2.31. The molecule has 0 bridgehead atoms. The fourth-order valence-corrected chi connectivity index (χ4v) is 3.43. The van der Waals surface area contributed by atoms with Crippen molar-refractivity contribution < 1.29 is 0 Å². The quantitative estimate of drug-likeness (QED) is 0.745. The summed E-state index contributed by atoms with van der Waals surface area (Å²) in [5.41, 5.74) is 0. The summed E-state index contributed by atoms with van der Waals surface area (Å²) < 4.78 is 0.475. The fraction of sp³-hybridized carbons (Fsp3) is 1.00. The van der Waals surface area contributed by atoms with Gasteiger partial charge in [-0.25, -0.2) is 0 Å². The summed E-state index contributed by atoms with van der Waals surface area (Å²) in [6, 6.07) is 0.787. The Morgan fingerprint density at radius 3 is 2.33 bits per heavy atom. The van der Waals surface area contributed by atoms with Gasteiger partial charge in [0.25, 0.3) is 0 Å². The lowest BCUT2D eigenvalue weighted by molar-refractivity contribution is 0.389. The van der Waals surface area contributed by atoms with Gasteiger partial charge in [-0.15, -0.1) is 0 Å². The van der Waals surface area contributed by atoms with E-state index >= 15 is 0 Å². The third kappa shape index (κ3) is 3.39. The summed E-state index contributed by atoms with van der Waals surface area (Å²) in [7, 11) is 0. The van der Waals surface area contributed by atoms with E-state index in [9.17, 15) is 0 Å². The van der Waals surface area contributed by atoms with E-state index in [-0.39, 0.29) is 0 Å². The Kier molecular flexibility index (Phi) is 5.48. The molecule has 1 aliphatic carbocycles. The molecule has 0 aromatic heterocycles. The van der Waals surface area contributed by atoms with Crippen LogP contribution in [0, 0.1) is 5.92 Å². The maximum absolute atomic E-state index is 3.80. The molecule has 1 rings (SSSR count). The molecule has 1 fully saturated rings. The predicted molar refractivity (Wildman–Crippen MR) is 71.6 cm³/mol. The summed E-state index contributed by atoms with van der Waals surface area (Å²) >= 11 is 2.04. The molecular weight excluding hydrogens is 202 g/mol. The number of hydrogen-bond donors (Lipinski definition) is 1. The van der Waals surface area contributed by atoms with E-state index in [0.29, 0.717) is 4.75 Å². The van der Waals surface area contributed by atoms with Gasteiger partial charge in [-0.05, 0) is 37.9 Å². The third-order valence-corrected chi connectivity index (χ3v) is 5.86. The topological polar surface area (TPSA) is 12.0 Å². The standard InChI is InChI=1S/C13H27NS/c1-5-13(6-2,15-4)10-14-12-9-7-8-11(12)3/h11-12,14H,5-10H2,1-4H3. The van der Waals surface area contributed by atoms with Crippen molar-refractivity contribution in [2.24, 2.45) is 5.92 Å². The molecule has 15 heavy (non-hydrogen) atoms. The molecule has 2 unspecified atom stereocenters. The molecule has 0 aromatic rings. The first-order valence-corrected chi connectivity index (χ1v) is 7.68. The van der Waals surface area contributed by atoms with Crippen LogP contribution >= 0.6 is 11.8 Å². The van der Waals surface area contributed by atoms with Crippen LogP contribution in [-0.2, 0) is 0 Å². The Morgan fingerprint density at radius 1 is 1.27 bits per heavy atom. The predicted octanol–water partition coefficient (Wildman–Crippen LogP) is 3.69. The van der Waals surface area contributed by atoms with Crippen LogP contribution in [0.25, 0.3) is 0 Å². The van der Waals surface area contributed by atoms with Gasteiger partial charge in [0.1, 0.15) is 0 Å². The van der Waals surface area contributed by atoms with Gasteiger partial charge in [-0.3, -0.25) is 0 Å². The van der Waals surface area contributed by atoms with E-state index in [1.165, 1.54) is 38.6 Å². The maximum Gasteiger partial charge on any atom is 0.0276 e. The van der Waals surface area contributed by atoms with Crippen LogP contribution in [0.15, 0.2) is 0 Å². The Bertz CT molecular complexity index is 169. The molecule has 2 atom stereocenters. The highest BCUT2D eigenvalue weighted by molar-refractivity contribution is 8.00. The van der Waals surface area contributed by atoms with Crippen LogP contribution in [0.1, 0.15) is 52.9 Å². The van der Waals surface area contributed by atoms with E-state index in [1.54, 1.807) is 0 Å². The van der Waals surface area contributed by atoms with Crippen molar-refractivity contribution in [2.45, 2.75) is 63.7 Å². The van der Waals surface area contributed by atoms with Gasteiger partial charge in [0.2, 0.25) is 0 Å². The second-order valence-electron chi connectivity index (χ2n) is 4.99. The molecule has 0 saturated heterocycles. The Labute approximate surface area is 99.8 Å². The van der Waals surface area contributed by atoms with Gasteiger partial charge in [-0.2, -0.15) is 11.8 Å². The van der Waals surface area contributed by atoms with E-state index in [4.69, 9.17) is 0 Å². The van der Waals surface area contributed by atoms with Crippen LogP contribution < -0.4 is 5.32 Å². The molecular formula is C13H27NS. The summed E-state index contributed by atoms with van der Waals surface area (Å²) in [5, 5.41) is 3.80. The van der Waals surface area contributed by atoms with Crippen LogP contribution in [0.3, 0.4) is 0 Å². The van der Waals surface area contributed by atoms with Gasteiger partial charge >= 0.3 is 0 Å². The van der Waals surface area contributed by atoms with Crippen molar-refractivity contribution in [3.63, 3.8) is 0 Å². The van der Waals surface area contributed by atoms with Crippen molar-refractivity contribution >= 4 is 11.8 Å². The molecule has 90 valence electrons. The highest BCUT2D eigenvalue weighted by Gasteiger charge is 2.28. The van der Waals surface area contributed by atoms with Crippen molar-refractivity contribution in [3.05, 3.63) is 0 Å². The minimum Gasteiger partial charge on any atom is -0.312 e. The molecule has 0 radical (unpaired) electrons. The Hall–Kier alpha value is 0.310. The van der Waals surface area contributed by atoms with Crippen LogP contribution in [-0.4, -0.2) is 23.6 Å². The van der Waals surface area contributed by atoms with Crippen LogP contribution in [0.2, 0.25) is 0 Å². The lowest BCUT2D eigenvalue weighted by Crippen LogP contribution is -2.42. The lowest BCUT2D eigenvalue weighted by Gasteiger charge is -2.32. The van der Waals surface area contributed by atoms with Crippen molar-refractivity contribution in [2.75, 3.05) is 12.8 Å². The smallest absolute Gasteiger partial charge is 0.0276 e. The van der Waals surface area contributed by atoms with Crippen molar-refractivity contribution in [1.82, 2.24) is 5.32 Å². The summed E-state index contributed by atoms with van der Waals surface area (Å²) in [5.74, 6) is 0.887. The number of rotatable bonds is 6. The molecule has 2 heteroatoms. The molecule has 1 N–H and O–H groups in total. The molecule has 1 aliphatic rings. The first-order valence-electron chi connectivity index (χ1n) is 6.46. The molecule has 0 amide bonds. The number of thioether (sulfide) groups is 1. The first-order chi connectivity index (χ1) is 7.17. The zero-order chi connectivity index (χ0) is 11.3. The normalized spacial score (nSPS) is 27.2. The third-order valence-electron chi connectivity index (χ3n) is 4.27. The summed E-state index contributed by atoms with van der Waals surface area (Å²) in [6.07, 6.45) is 9.04. The second kappa shape index (κ2) is 6.15. The van der Waals surface area contributed by atoms with E-state index in [1.807, 2.05) is 11.8 Å². The average Bonchev–Trinajstić information content (AvgIpc) is 2.67. The maximum atomic E-state index is 3.80.